The molecule has 0 aliphatic carbocycles. The van der Waals surface area contributed by atoms with Crippen molar-refractivity contribution in [2.24, 2.45) is 0 Å². The Balaban J connectivity index is 1.63. The van der Waals surface area contributed by atoms with Crippen molar-refractivity contribution in [2.45, 2.75) is 6.04 Å². The molecule has 3 heterocycles. The third kappa shape index (κ3) is 4.57. The van der Waals surface area contributed by atoms with E-state index in [4.69, 9.17) is 11.6 Å². The molecule has 0 aliphatic heterocycles. The minimum absolute atomic E-state index is 0.0288. The second-order valence-corrected chi connectivity index (χ2v) is 6.96. The van der Waals surface area contributed by atoms with Crippen molar-refractivity contribution in [3.63, 3.8) is 0 Å². The lowest BCUT2D eigenvalue weighted by atomic mass is 10.1. The maximum Gasteiger partial charge on any atom is 0.251 e. The highest BCUT2D eigenvalue weighted by Crippen LogP contribution is 2.23. The van der Waals surface area contributed by atoms with Gasteiger partial charge in [0.25, 0.3) is 5.56 Å². The SMILES string of the molecule is O=c1cc(-c2ccnc(Nc3ccnnc3)n2)ccn1C(CO)c1ccc(Cl)c(F)c1. The molecule has 4 aromatic rings. The van der Waals surface area contributed by atoms with Gasteiger partial charge >= 0.3 is 0 Å². The van der Waals surface area contributed by atoms with Crippen molar-refractivity contribution in [3.05, 3.63) is 94.0 Å². The zero-order chi connectivity index (χ0) is 21.8. The molecule has 0 saturated heterocycles. The van der Waals surface area contributed by atoms with Crippen LogP contribution < -0.4 is 10.9 Å². The molecule has 10 heteroatoms. The first-order chi connectivity index (χ1) is 15.0. The van der Waals surface area contributed by atoms with Crippen LogP contribution in [-0.4, -0.2) is 36.4 Å². The van der Waals surface area contributed by atoms with Crippen molar-refractivity contribution < 1.29 is 9.50 Å². The molecule has 156 valence electrons. The average Bonchev–Trinajstić information content (AvgIpc) is 2.78. The van der Waals surface area contributed by atoms with E-state index in [1.165, 1.54) is 41.4 Å². The molecule has 2 N–H and O–H groups in total. The molecular weight excluding hydrogens is 423 g/mol. The van der Waals surface area contributed by atoms with Gasteiger partial charge in [0.2, 0.25) is 5.95 Å². The maximum atomic E-state index is 13.8. The molecule has 0 fully saturated rings. The molecule has 0 bridgehead atoms. The molecule has 4 rings (SSSR count). The van der Waals surface area contributed by atoms with E-state index in [9.17, 15) is 14.3 Å². The quantitative estimate of drug-likeness (QED) is 0.476. The highest BCUT2D eigenvalue weighted by Gasteiger charge is 2.16. The van der Waals surface area contributed by atoms with Crippen LogP contribution in [0, 0.1) is 5.82 Å². The van der Waals surface area contributed by atoms with Crippen molar-refractivity contribution in [2.75, 3.05) is 11.9 Å². The molecule has 31 heavy (non-hydrogen) atoms. The number of nitrogens with zero attached hydrogens (tertiary/aromatic N) is 5. The molecule has 0 radical (unpaired) electrons. The molecule has 0 aliphatic rings. The van der Waals surface area contributed by atoms with Gasteiger partial charge in [0.1, 0.15) is 5.82 Å². The Labute approximate surface area is 181 Å². The summed E-state index contributed by atoms with van der Waals surface area (Å²) in [6.45, 7) is -0.387. The van der Waals surface area contributed by atoms with E-state index in [0.29, 0.717) is 28.5 Å². The largest absolute Gasteiger partial charge is 0.394 e. The summed E-state index contributed by atoms with van der Waals surface area (Å²) in [6, 6.07) is 9.90. The van der Waals surface area contributed by atoms with Gasteiger partial charge in [-0.25, -0.2) is 14.4 Å². The Morgan fingerprint density at radius 3 is 2.71 bits per heavy atom. The number of benzene rings is 1. The summed E-state index contributed by atoms with van der Waals surface area (Å²) in [5, 5.41) is 20.3. The minimum Gasteiger partial charge on any atom is -0.394 e. The average molecular weight is 439 g/mol. The Morgan fingerprint density at radius 1 is 1.13 bits per heavy atom. The fourth-order valence-electron chi connectivity index (χ4n) is 3.05. The van der Waals surface area contributed by atoms with Gasteiger partial charge in [0.15, 0.2) is 0 Å². The Hall–Kier alpha value is -3.69. The maximum absolute atomic E-state index is 13.8. The van der Waals surface area contributed by atoms with E-state index < -0.39 is 11.9 Å². The summed E-state index contributed by atoms with van der Waals surface area (Å²) in [5.74, 6) is -0.285. The van der Waals surface area contributed by atoms with Crippen molar-refractivity contribution in [1.29, 1.82) is 0 Å². The molecule has 0 spiro atoms. The molecule has 0 amide bonds. The summed E-state index contributed by atoms with van der Waals surface area (Å²) in [6.07, 6.45) is 6.17. The van der Waals surface area contributed by atoms with Gasteiger partial charge in [-0.3, -0.25) is 4.79 Å². The predicted molar refractivity (Wildman–Crippen MR) is 114 cm³/mol. The van der Waals surface area contributed by atoms with Gasteiger partial charge < -0.3 is 15.0 Å². The van der Waals surface area contributed by atoms with E-state index in [0.717, 1.165) is 0 Å². The number of halogens is 2. The standard InChI is InChI=1S/C21H16ClFN6O2/c22-16-2-1-14(9-17(16)23)19(12-30)29-8-5-13(10-20(29)31)18-4-6-24-21(28-18)27-15-3-7-25-26-11-15/h1-11,19,30H,12H2,(H,24,25,27,28). The monoisotopic (exact) mass is 438 g/mol. The summed E-state index contributed by atoms with van der Waals surface area (Å²) in [4.78, 5) is 21.4. The van der Waals surface area contributed by atoms with Crippen LogP contribution in [0.2, 0.25) is 5.02 Å². The predicted octanol–water partition coefficient (Wildman–Crippen LogP) is 3.21. The van der Waals surface area contributed by atoms with Crippen LogP contribution >= 0.6 is 11.6 Å². The first kappa shape index (κ1) is 20.6. The van der Waals surface area contributed by atoms with E-state index in [1.54, 1.807) is 30.5 Å². The highest BCUT2D eigenvalue weighted by molar-refractivity contribution is 6.30. The van der Waals surface area contributed by atoms with Crippen molar-refractivity contribution >= 4 is 23.2 Å². The summed E-state index contributed by atoms with van der Waals surface area (Å²) in [7, 11) is 0. The van der Waals surface area contributed by atoms with Crippen LogP contribution in [-0.2, 0) is 0 Å². The molecule has 0 saturated carbocycles. The van der Waals surface area contributed by atoms with Gasteiger partial charge in [-0.1, -0.05) is 17.7 Å². The zero-order valence-corrected chi connectivity index (χ0v) is 16.7. The molecule has 3 aromatic heterocycles. The number of hydrogen-bond donors (Lipinski definition) is 2. The number of aliphatic hydroxyl groups excluding tert-OH is 1. The van der Waals surface area contributed by atoms with Crippen LogP contribution in [0.1, 0.15) is 11.6 Å². The molecule has 1 atom stereocenters. The topological polar surface area (TPSA) is 106 Å². The van der Waals surface area contributed by atoms with Crippen LogP contribution in [0.4, 0.5) is 16.0 Å². The second kappa shape index (κ2) is 8.99. The third-order valence-electron chi connectivity index (χ3n) is 4.58. The lowest BCUT2D eigenvalue weighted by Gasteiger charge is -2.18. The fourth-order valence-corrected chi connectivity index (χ4v) is 3.17. The van der Waals surface area contributed by atoms with E-state index >= 15 is 0 Å². The lowest BCUT2D eigenvalue weighted by molar-refractivity contribution is 0.247. The number of aliphatic hydroxyl groups is 1. The first-order valence-electron chi connectivity index (χ1n) is 9.20. The van der Waals surface area contributed by atoms with Crippen molar-refractivity contribution in [1.82, 2.24) is 24.7 Å². The first-order valence-corrected chi connectivity index (χ1v) is 9.58. The van der Waals surface area contributed by atoms with Gasteiger partial charge in [-0.05, 0) is 35.9 Å². The number of pyridine rings is 1. The summed E-state index contributed by atoms with van der Waals surface area (Å²) >= 11 is 5.73. The van der Waals surface area contributed by atoms with Gasteiger partial charge in [0.05, 0.1) is 41.4 Å². The molecule has 1 aromatic carbocycles. The fraction of sp³-hybridized carbons (Fsp3) is 0.0952. The number of rotatable bonds is 6. The number of nitrogens with one attached hydrogen (secondary N) is 1. The molecule has 8 nitrogen and oxygen atoms in total. The number of hydrogen-bond acceptors (Lipinski definition) is 7. The second-order valence-electron chi connectivity index (χ2n) is 6.55. The molecular formula is C21H16ClFN6O2. The van der Waals surface area contributed by atoms with Gasteiger partial charge in [0, 0.05) is 24.0 Å². The normalized spacial score (nSPS) is 11.8. The summed E-state index contributed by atoms with van der Waals surface area (Å²) < 4.78 is 15.2. The van der Waals surface area contributed by atoms with Crippen LogP contribution in [0.25, 0.3) is 11.3 Å². The lowest BCUT2D eigenvalue weighted by Crippen LogP contribution is -2.27. The zero-order valence-electron chi connectivity index (χ0n) is 16.0. The van der Waals surface area contributed by atoms with Crippen LogP contribution in [0.5, 0.6) is 0 Å². The van der Waals surface area contributed by atoms with Gasteiger partial charge in [-0.2, -0.15) is 10.2 Å². The Kier molecular flexibility index (Phi) is 5.96. The van der Waals surface area contributed by atoms with E-state index in [-0.39, 0.29) is 17.2 Å². The highest BCUT2D eigenvalue weighted by atomic mass is 35.5. The van der Waals surface area contributed by atoms with Gasteiger partial charge in [-0.15, -0.1) is 0 Å². The third-order valence-corrected chi connectivity index (χ3v) is 4.88. The van der Waals surface area contributed by atoms with Crippen molar-refractivity contribution in [3.8, 4) is 11.3 Å². The number of aromatic nitrogens is 5. The smallest absolute Gasteiger partial charge is 0.251 e. The number of anilines is 2. The van der Waals surface area contributed by atoms with Crippen LogP contribution in [0.15, 0.2) is 72.0 Å². The Bertz CT molecular complexity index is 1270. The Morgan fingerprint density at radius 2 is 2.00 bits per heavy atom. The summed E-state index contributed by atoms with van der Waals surface area (Å²) in [5.41, 5.74) is 1.82. The van der Waals surface area contributed by atoms with E-state index in [1.807, 2.05) is 0 Å². The molecule has 1 unspecified atom stereocenters. The minimum atomic E-state index is -0.755. The van der Waals surface area contributed by atoms with Crippen LogP contribution in [0.3, 0.4) is 0 Å². The van der Waals surface area contributed by atoms with E-state index in [2.05, 4.69) is 25.5 Å².